The predicted octanol–water partition coefficient (Wildman–Crippen LogP) is 1.77. The fourth-order valence-electron chi connectivity index (χ4n) is 1.39. The van der Waals surface area contributed by atoms with Crippen molar-refractivity contribution in [1.29, 1.82) is 0 Å². The van der Waals surface area contributed by atoms with E-state index in [9.17, 15) is 13.2 Å². The van der Waals surface area contributed by atoms with E-state index in [1.807, 2.05) is 25.1 Å². The summed E-state index contributed by atoms with van der Waals surface area (Å²) in [4.78, 5) is 10.7. The fourth-order valence-corrected chi connectivity index (χ4v) is 2.53. The third kappa shape index (κ3) is 5.82. The van der Waals surface area contributed by atoms with Gasteiger partial charge in [0.15, 0.2) is 9.84 Å². The Morgan fingerprint density at radius 1 is 1.28 bits per heavy atom. The number of benzene rings is 1. The van der Waals surface area contributed by atoms with Gasteiger partial charge in [0, 0.05) is 6.42 Å². The summed E-state index contributed by atoms with van der Waals surface area (Å²) in [5.41, 5.74) is 1.06. The van der Waals surface area contributed by atoms with Crippen LogP contribution in [0.4, 0.5) is 0 Å². The van der Waals surface area contributed by atoms with E-state index < -0.39 is 9.84 Å². The second kappa shape index (κ2) is 6.54. The number of carbonyl (C=O) groups is 1. The summed E-state index contributed by atoms with van der Waals surface area (Å²) < 4.78 is 28.5. The normalized spacial score (nSPS) is 11.2. The van der Waals surface area contributed by atoms with E-state index >= 15 is 0 Å². The van der Waals surface area contributed by atoms with E-state index in [1.165, 1.54) is 6.92 Å². The molecule has 0 heterocycles. The molecule has 0 N–H and O–H groups in total. The monoisotopic (exact) mass is 270 g/mol. The summed E-state index contributed by atoms with van der Waals surface area (Å²) in [7, 11) is -3.20. The minimum atomic E-state index is -3.20. The maximum atomic E-state index is 11.6. The summed E-state index contributed by atoms with van der Waals surface area (Å²) in [5.74, 6) is 0.392. The molecule has 100 valence electrons. The van der Waals surface area contributed by atoms with Crippen LogP contribution >= 0.6 is 0 Å². The number of hydrogen-bond donors (Lipinski definition) is 0. The fraction of sp³-hybridized carbons (Fsp3) is 0.462. The summed E-state index contributed by atoms with van der Waals surface area (Å²) in [5, 5.41) is 0. The van der Waals surface area contributed by atoms with Crippen LogP contribution in [0.5, 0.6) is 5.75 Å². The molecule has 0 unspecified atom stereocenters. The smallest absolute Gasteiger partial charge is 0.154 e. The standard InChI is InChI=1S/C13H18O4S/c1-11-4-3-5-13(10-11)17-7-9-18(15,16)8-6-12(2)14/h3-5,10H,6-9H2,1-2H3. The highest BCUT2D eigenvalue weighted by Crippen LogP contribution is 2.12. The maximum absolute atomic E-state index is 11.6. The molecule has 0 saturated heterocycles. The van der Waals surface area contributed by atoms with Crippen molar-refractivity contribution in [3.63, 3.8) is 0 Å². The molecule has 18 heavy (non-hydrogen) atoms. The van der Waals surface area contributed by atoms with Crippen LogP contribution in [-0.4, -0.2) is 32.3 Å². The minimum absolute atomic E-state index is 0.0613. The van der Waals surface area contributed by atoms with Crippen molar-refractivity contribution in [1.82, 2.24) is 0 Å². The van der Waals surface area contributed by atoms with Gasteiger partial charge in [-0.1, -0.05) is 12.1 Å². The quantitative estimate of drug-likeness (QED) is 0.757. The number of ether oxygens (including phenoxy) is 1. The molecule has 1 aromatic rings. The number of rotatable bonds is 7. The van der Waals surface area contributed by atoms with E-state index in [-0.39, 0.29) is 30.3 Å². The number of ketones is 1. The second-order valence-electron chi connectivity index (χ2n) is 4.27. The molecule has 0 aliphatic heterocycles. The van der Waals surface area contributed by atoms with Crippen molar-refractivity contribution in [2.75, 3.05) is 18.1 Å². The van der Waals surface area contributed by atoms with E-state index in [0.717, 1.165) is 5.56 Å². The van der Waals surface area contributed by atoms with Crippen LogP contribution in [0.2, 0.25) is 0 Å². The van der Waals surface area contributed by atoms with Crippen molar-refractivity contribution in [2.45, 2.75) is 20.3 Å². The Kier molecular flexibility index (Phi) is 5.34. The summed E-state index contributed by atoms with van der Waals surface area (Å²) >= 11 is 0. The topological polar surface area (TPSA) is 60.4 Å². The zero-order valence-electron chi connectivity index (χ0n) is 10.7. The average Bonchev–Trinajstić information content (AvgIpc) is 2.26. The Labute approximate surface area is 108 Å². The van der Waals surface area contributed by atoms with Gasteiger partial charge in [-0.05, 0) is 31.5 Å². The third-order valence-corrected chi connectivity index (χ3v) is 4.03. The lowest BCUT2D eigenvalue weighted by Crippen LogP contribution is -2.18. The lowest BCUT2D eigenvalue weighted by Gasteiger charge is -2.07. The van der Waals surface area contributed by atoms with Gasteiger partial charge in [0.05, 0.1) is 11.5 Å². The highest BCUT2D eigenvalue weighted by atomic mass is 32.2. The first-order valence-corrected chi connectivity index (χ1v) is 7.60. The van der Waals surface area contributed by atoms with Crippen LogP contribution in [0.25, 0.3) is 0 Å². The van der Waals surface area contributed by atoms with Crippen molar-refractivity contribution in [3.8, 4) is 5.75 Å². The number of hydrogen-bond acceptors (Lipinski definition) is 4. The number of carbonyl (C=O) groups excluding carboxylic acids is 1. The lowest BCUT2D eigenvalue weighted by atomic mass is 10.2. The van der Waals surface area contributed by atoms with Crippen LogP contribution in [-0.2, 0) is 14.6 Å². The molecule has 0 bridgehead atoms. The van der Waals surface area contributed by atoms with Crippen LogP contribution in [0.3, 0.4) is 0 Å². The molecule has 0 aromatic heterocycles. The maximum Gasteiger partial charge on any atom is 0.154 e. The molecule has 5 heteroatoms. The average molecular weight is 270 g/mol. The molecular formula is C13H18O4S. The first-order chi connectivity index (χ1) is 8.39. The van der Waals surface area contributed by atoms with Gasteiger partial charge in [0.1, 0.15) is 18.1 Å². The Morgan fingerprint density at radius 2 is 2.00 bits per heavy atom. The highest BCUT2D eigenvalue weighted by Gasteiger charge is 2.12. The van der Waals surface area contributed by atoms with Gasteiger partial charge in [-0.25, -0.2) is 8.42 Å². The molecular weight excluding hydrogens is 252 g/mol. The zero-order valence-corrected chi connectivity index (χ0v) is 11.5. The molecule has 1 aromatic carbocycles. The number of aryl methyl sites for hydroxylation is 1. The molecule has 0 aliphatic carbocycles. The number of Topliss-reactive ketones (excluding diaryl/α,β-unsaturated/α-hetero) is 1. The van der Waals surface area contributed by atoms with Gasteiger partial charge in [-0.15, -0.1) is 0 Å². The van der Waals surface area contributed by atoms with Gasteiger partial charge >= 0.3 is 0 Å². The Hall–Kier alpha value is -1.36. The molecule has 0 amide bonds. The molecule has 0 atom stereocenters. The SMILES string of the molecule is CC(=O)CCS(=O)(=O)CCOc1cccc(C)c1. The van der Waals surface area contributed by atoms with Crippen LogP contribution in [0.1, 0.15) is 18.9 Å². The lowest BCUT2D eigenvalue weighted by molar-refractivity contribution is -0.116. The van der Waals surface area contributed by atoms with Crippen molar-refractivity contribution < 1.29 is 17.9 Å². The van der Waals surface area contributed by atoms with Crippen LogP contribution in [0.15, 0.2) is 24.3 Å². The van der Waals surface area contributed by atoms with E-state index in [1.54, 1.807) is 6.07 Å². The van der Waals surface area contributed by atoms with Gasteiger partial charge in [-0.2, -0.15) is 0 Å². The predicted molar refractivity (Wildman–Crippen MR) is 70.6 cm³/mol. The molecule has 0 aliphatic rings. The minimum Gasteiger partial charge on any atom is -0.493 e. The molecule has 0 spiro atoms. The Bertz CT molecular complexity index is 505. The Morgan fingerprint density at radius 3 is 2.61 bits per heavy atom. The van der Waals surface area contributed by atoms with Gasteiger partial charge in [0.25, 0.3) is 0 Å². The molecule has 0 saturated carbocycles. The first kappa shape index (κ1) is 14.7. The molecule has 0 fully saturated rings. The van der Waals surface area contributed by atoms with E-state index in [2.05, 4.69) is 0 Å². The molecule has 4 nitrogen and oxygen atoms in total. The molecule has 1 rings (SSSR count). The zero-order chi connectivity index (χ0) is 13.6. The van der Waals surface area contributed by atoms with E-state index in [4.69, 9.17) is 4.74 Å². The van der Waals surface area contributed by atoms with Gasteiger partial charge in [0.2, 0.25) is 0 Å². The second-order valence-corrected chi connectivity index (χ2v) is 6.57. The van der Waals surface area contributed by atoms with Crippen LogP contribution < -0.4 is 4.74 Å². The summed E-state index contributed by atoms with van der Waals surface area (Å²) in [6.45, 7) is 3.44. The van der Waals surface area contributed by atoms with Crippen molar-refractivity contribution in [3.05, 3.63) is 29.8 Å². The van der Waals surface area contributed by atoms with Gasteiger partial charge < -0.3 is 4.74 Å². The van der Waals surface area contributed by atoms with E-state index in [0.29, 0.717) is 5.75 Å². The van der Waals surface area contributed by atoms with Crippen molar-refractivity contribution >= 4 is 15.6 Å². The van der Waals surface area contributed by atoms with Gasteiger partial charge in [-0.3, -0.25) is 4.79 Å². The largest absolute Gasteiger partial charge is 0.493 e. The number of sulfone groups is 1. The van der Waals surface area contributed by atoms with Crippen LogP contribution in [0, 0.1) is 6.92 Å². The Balaban J connectivity index is 2.39. The molecule has 0 radical (unpaired) electrons. The third-order valence-electron chi connectivity index (χ3n) is 2.42. The summed E-state index contributed by atoms with van der Waals surface area (Å²) in [6, 6.07) is 7.43. The summed E-state index contributed by atoms with van der Waals surface area (Å²) in [6.07, 6.45) is 0.0762. The highest BCUT2D eigenvalue weighted by molar-refractivity contribution is 7.91. The van der Waals surface area contributed by atoms with Crippen molar-refractivity contribution in [2.24, 2.45) is 0 Å². The first-order valence-electron chi connectivity index (χ1n) is 5.78.